The molecule has 0 saturated carbocycles. The van der Waals surface area contributed by atoms with Crippen LogP contribution < -0.4 is 0 Å². The van der Waals surface area contributed by atoms with Crippen molar-refractivity contribution in [3.05, 3.63) is 21.9 Å². The molecule has 0 aromatic carbocycles. The highest BCUT2D eigenvalue weighted by molar-refractivity contribution is 4.93. The van der Waals surface area contributed by atoms with Gasteiger partial charge in [0, 0.05) is 20.1 Å². The van der Waals surface area contributed by atoms with Gasteiger partial charge in [-0.2, -0.15) is 0 Å². The van der Waals surface area contributed by atoms with Crippen molar-refractivity contribution >= 4 is 0 Å². The molecular weight excluding hydrogens is 158 g/mol. The Morgan fingerprint density at radius 2 is 2.17 bits per heavy atom. The second-order valence-electron chi connectivity index (χ2n) is 3.01. The minimum absolute atomic E-state index is 0.252. The highest BCUT2D eigenvalue weighted by atomic mass is 16.6. The van der Waals surface area contributed by atoms with E-state index in [-0.39, 0.29) is 10.6 Å². The Bertz CT molecular complexity index is 194. The average molecular weight is 171 g/mol. The van der Waals surface area contributed by atoms with Crippen molar-refractivity contribution in [1.29, 1.82) is 0 Å². The van der Waals surface area contributed by atoms with E-state index in [1.165, 1.54) is 6.92 Å². The van der Waals surface area contributed by atoms with Crippen LogP contribution >= 0.6 is 0 Å². The maximum Gasteiger partial charge on any atom is 0.239 e. The molecule has 0 amide bonds. The lowest BCUT2D eigenvalue weighted by Crippen LogP contribution is -2.14. The summed E-state index contributed by atoms with van der Waals surface area (Å²) in [7, 11) is 0. The molecule has 0 unspecified atom stereocenters. The molecule has 0 aromatic heterocycles. The van der Waals surface area contributed by atoms with Gasteiger partial charge in [-0.05, 0) is 24.8 Å². The molecule has 0 spiro atoms. The molecule has 0 aliphatic carbocycles. The van der Waals surface area contributed by atoms with Crippen LogP contribution in [0.4, 0.5) is 0 Å². The normalized spacial score (nSPS) is 20.9. The topological polar surface area (TPSA) is 52.4 Å². The standard InChI is InChI=1S/C8H13NO3/c1-7(9(10)11)6-8-2-4-12-5-3-8/h6,8H,2-5H2,1H3. The van der Waals surface area contributed by atoms with Crippen molar-refractivity contribution in [1.82, 2.24) is 0 Å². The van der Waals surface area contributed by atoms with Gasteiger partial charge in [-0.25, -0.2) is 0 Å². The van der Waals surface area contributed by atoms with E-state index in [2.05, 4.69) is 0 Å². The van der Waals surface area contributed by atoms with Gasteiger partial charge in [0.1, 0.15) is 0 Å². The van der Waals surface area contributed by atoms with Crippen LogP contribution in [-0.4, -0.2) is 18.1 Å². The quantitative estimate of drug-likeness (QED) is 0.468. The van der Waals surface area contributed by atoms with Crippen LogP contribution in [0.15, 0.2) is 11.8 Å². The van der Waals surface area contributed by atoms with Gasteiger partial charge in [0.15, 0.2) is 0 Å². The van der Waals surface area contributed by atoms with Crippen molar-refractivity contribution < 1.29 is 9.66 Å². The first-order chi connectivity index (χ1) is 5.70. The summed E-state index contributed by atoms with van der Waals surface area (Å²) >= 11 is 0. The maximum atomic E-state index is 10.3. The molecule has 0 N–H and O–H groups in total. The first kappa shape index (κ1) is 9.19. The van der Waals surface area contributed by atoms with Crippen LogP contribution in [-0.2, 0) is 4.74 Å². The molecule has 1 fully saturated rings. The van der Waals surface area contributed by atoms with Gasteiger partial charge >= 0.3 is 0 Å². The number of rotatable bonds is 2. The average Bonchev–Trinajstić information content (AvgIpc) is 2.06. The number of hydrogen-bond acceptors (Lipinski definition) is 3. The monoisotopic (exact) mass is 171 g/mol. The second kappa shape index (κ2) is 4.21. The molecule has 1 heterocycles. The molecule has 0 atom stereocenters. The summed E-state index contributed by atoms with van der Waals surface area (Å²) in [6, 6.07) is 0. The van der Waals surface area contributed by atoms with Crippen LogP contribution in [0, 0.1) is 16.0 Å². The highest BCUT2D eigenvalue weighted by Gasteiger charge is 2.14. The molecule has 4 heteroatoms. The van der Waals surface area contributed by atoms with Gasteiger partial charge in [-0.3, -0.25) is 10.1 Å². The second-order valence-corrected chi connectivity index (χ2v) is 3.01. The fourth-order valence-corrected chi connectivity index (χ4v) is 1.28. The minimum Gasteiger partial charge on any atom is -0.381 e. The minimum atomic E-state index is -0.338. The Balaban J connectivity index is 2.47. The zero-order valence-electron chi connectivity index (χ0n) is 7.16. The van der Waals surface area contributed by atoms with Crippen molar-refractivity contribution in [2.75, 3.05) is 13.2 Å². The molecule has 0 aromatic rings. The number of ether oxygens (including phenoxy) is 1. The van der Waals surface area contributed by atoms with Crippen molar-refractivity contribution in [3.63, 3.8) is 0 Å². The van der Waals surface area contributed by atoms with Crippen molar-refractivity contribution in [2.24, 2.45) is 5.92 Å². The Morgan fingerprint density at radius 1 is 1.58 bits per heavy atom. The molecule has 1 aliphatic rings. The Hall–Kier alpha value is -0.900. The van der Waals surface area contributed by atoms with Gasteiger partial charge in [-0.1, -0.05) is 0 Å². The predicted octanol–water partition coefficient (Wildman–Crippen LogP) is 1.59. The van der Waals surface area contributed by atoms with E-state index in [1.807, 2.05) is 0 Å². The Kier molecular flexibility index (Phi) is 3.22. The lowest BCUT2D eigenvalue weighted by Gasteiger charge is -2.17. The fraction of sp³-hybridized carbons (Fsp3) is 0.750. The van der Waals surface area contributed by atoms with Gasteiger partial charge in [-0.15, -0.1) is 0 Å². The van der Waals surface area contributed by atoms with Crippen LogP contribution in [0.5, 0.6) is 0 Å². The first-order valence-corrected chi connectivity index (χ1v) is 4.10. The first-order valence-electron chi connectivity index (χ1n) is 4.10. The molecule has 68 valence electrons. The van der Waals surface area contributed by atoms with Crippen LogP contribution in [0.2, 0.25) is 0 Å². The smallest absolute Gasteiger partial charge is 0.239 e. The molecule has 1 aliphatic heterocycles. The number of nitrogens with zero attached hydrogens (tertiary/aromatic N) is 1. The third kappa shape index (κ3) is 2.62. The van der Waals surface area contributed by atoms with Gasteiger partial charge in [0.25, 0.3) is 0 Å². The van der Waals surface area contributed by atoms with E-state index in [0.29, 0.717) is 5.92 Å². The van der Waals surface area contributed by atoms with Gasteiger partial charge < -0.3 is 4.74 Å². The van der Waals surface area contributed by atoms with E-state index in [9.17, 15) is 10.1 Å². The van der Waals surface area contributed by atoms with E-state index < -0.39 is 0 Å². The molecule has 1 saturated heterocycles. The summed E-state index contributed by atoms with van der Waals surface area (Å²) in [5, 5.41) is 10.3. The van der Waals surface area contributed by atoms with E-state index in [1.54, 1.807) is 6.08 Å². The third-order valence-corrected chi connectivity index (χ3v) is 2.03. The molecule has 0 radical (unpaired) electrons. The summed E-state index contributed by atoms with van der Waals surface area (Å²) in [6.45, 7) is 2.99. The highest BCUT2D eigenvalue weighted by Crippen LogP contribution is 2.17. The van der Waals surface area contributed by atoms with Crippen LogP contribution in [0.25, 0.3) is 0 Å². The summed E-state index contributed by atoms with van der Waals surface area (Å²) in [6.07, 6.45) is 3.55. The molecule has 12 heavy (non-hydrogen) atoms. The lowest BCUT2D eigenvalue weighted by molar-refractivity contribution is -0.424. The zero-order chi connectivity index (χ0) is 8.97. The van der Waals surface area contributed by atoms with E-state index in [0.717, 1.165) is 26.1 Å². The van der Waals surface area contributed by atoms with Crippen LogP contribution in [0.1, 0.15) is 19.8 Å². The Morgan fingerprint density at radius 3 is 2.67 bits per heavy atom. The number of hydrogen-bond donors (Lipinski definition) is 0. The third-order valence-electron chi connectivity index (χ3n) is 2.03. The molecule has 0 bridgehead atoms. The maximum absolute atomic E-state index is 10.3. The van der Waals surface area contributed by atoms with Gasteiger partial charge in [0.05, 0.1) is 4.92 Å². The van der Waals surface area contributed by atoms with E-state index >= 15 is 0 Å². The molecule has 1 rings (SSSR count). The number of allylic oxidation sites excluding steroid dienone is 2. The van der Waals surface area contributed by atoms with Crippen molar-refractivity contribution in [3.8, 4) is 0 Å². The largest absolute Gasteiger partial charge is 0.381 e. The van der Waals surface area contributed by atoms with Crippen LogP contribution in [0.3, 0.4) is 0 Å². The molecule has 4 nitrogen and oxygen atoms in total. The lowest BCUT2D eigenvalue weighted by atomic mass is 9.99. The fourth-order valence-electron chi connectivity index (χ4n) is 1.28. The summed E-state index contributed by atoms with van der Waals surface area (Å²) < 4.78 is 5.14. The van der Waals surface area contributed by atoms with Crippen molar-refractivity contribution in [2.45, 2.75) is 19.8 Å². The zero-order valence-corrected chi connectivity index (χ0v) is 7.16. The predicted molar refractivity (Wildman–Crippen MR) is 44.3 cm³/mol. The molecular formula is C8H13NO3. The van der Waals surface area contributed by atoms with E-state index in [4.69, 9.17) is 4.74 Å². The number of nitro groups is 1. The summed E-state index contributed by atoms with van der Waals surface area (Å²) in [4.78, 5) is 9.94. The summed E-state index contributed by atoms with van der Waals surface area (Å²) in [5.74, 6) is 0.337. The summed E-state index contributed by atoms with van der Waals surface area (Å²) in [5.41, 5.74) is 0.252. The Labute approximate surface area is 71.4 Å². The SMILES string of the molecule is CC(=CC1CCOCC1)[N+](=O)[O-]. The van der Waals surface area contributed by atoms with Gasteiger partial charge in [0.2, 0.25) is 5.70 Å².